The van der Waals surface area contributed by atoms with Crippen molar-refractivity contribution in [3.05, 3.63) is 89.0 Å². The van der Waals surface area contributed by atoms with Crippen molar-refractivity contribution in [2.75, 3.05) is 6.61 Å². The first-order valence-corrected chi connectivity index (χ1v) is 10.7. The summed E-state index contributed by atoms with van der Waals surface area (Å²) in [5.41, 5.74) is 1.20. The smallest absolute Gasteiger partial charge is 0.338 e. The maximum atomic E-state index is 13.5. The van der Waals surface area contributed by atoms with Crippen LogP contribution in [-0.2, 0) is 9.53 Å². The number of rotatable bonds is 4. The van der Waals surface area contributed by atoms with Crippen molar-refractivity contribution in [3.63, 3.8) is 0 Å². The van der Waals surface area contributed by atoms with Crippen LogP contribution in [0.15, 0.2) is 62.8 Å². The van der Waals surface area contributed by atoms with Crippen molar-refractivity contribution in [2.45, 2.75) is 19.9 Å². The van der Waals surface area contributed by atoms with Gasteiger partial charge in [0.1, 0.15) is 11.9 Å². The van der Waals surface area contributed by atoms with Crippen LogP contribution in [0.3, 0.4) is 0 Å². The van der Waals surface area contributed by atoms with Crippen LogP contribution in [0, 0.1) is 5.82 Å². The van der Waals surface area contributed by atoms with Crippen LogP contribution in [0.5, 0.6) is 0 Å². The van der Waals surface area contributed by atoms with Gasteiger partial charge in [-0.3, -0.25) is 9.36 Å². The predicted molar refractivity (Wildman–Crippen MR) is 111 cm³/mol. The minimum atomic E-state index is -0.597. The first kappa shape index (κ1) is 19.5. The monoisotopic (exact) mass is 428 g/mol. The second-order valence-corrected chi connectivity index (χ2v) is 8.36. The maximum Gasteiger partial charge on any atom is 0.338 e. The van der Waals surface area contributed by atoms with E-state index in [2.05, 4.69) is 4.99 Å². The van der Waals surface area contributed by atoms with E-state index in [9.17, 15) is 14.0 Å². The average Bonchev–Trinajstić information content (AvgIpc) is 3.30. The molecular formula is C21H17FN2O3S2. The lowest BCUT2D eigenvalue weighted by Crippen LogP contribution is -2.39. The van der Waals surface area contributed by atoms with Gasteiger partial charge in [0.25, 0.3) is 5.56 Å². The van der Waals surface area contributed by atoms with Crippen molar-refractivity contribution < 1.29 is 13.9 Å². The number of thiophene rings is 1. The number of fused-ring (bicyclic) bond motifs is 1. The Labute approximate surface area is 173 Å². The van der Waals surface area contributed by atoms with Crippen molar-refractivity contribution >= 4 is 34.7 Å². The Bertz CT molecular complexity index is 1290. The summed E-state index contributed by atoms with van der Waals surface area (Å²) < 4.78 is 20.7. The molecule has 1 aromatic carbocycles. The van der Waals surface area contributed by atoms with E-state index in [-0.39, 0.29) is 18.0 Å². The number of hydrogen-bond donors (Lipinski definition) is 0. The summed E-state index contributed by atoms with van der Waals surface area (Å²) in [6.07, 6.45) is 1.64. The molecule has 0 radical (unpaired) electrons. The molecule has 0 aliphatic carbocycles. The molecule has 0 fully saturated rings. The average molecular weight is 429 g/mol. The molecular weight excluding hydrogens is 411 g/mol. The first-order chi connectivity index (χ1) is 14.0. The number of aromatic nitrogens is 1. The van der Waals surface area contributed by atoms with Gasteiger partial charge in [-0.1, -0.05) is 29.5 Å². The van der Waals surface area contributed by atoms with Crippen LogP contribution in [0.25, 0.3) is 6.08 Å². The van der Waals surface area contributed by atoms with Crippen molar-refractivity contribution in [2.24, 2.45) is 4.99 Å². The molecule has 3 aromatic rings. The molecule has 29 heavy (non-hydrogen) atoms. The summed E-state index contributed by atoms with van der Waals surface area (Å²) >= 11 is 2.68. The third-order valence-corrected chi connectivity index (χ3v) is 6.38. The van der Waals surface area contributed by atoms with E-state index in [1.165, 1.54) is 39.4 Å². The zero-order valence-electron chi connectivity index (χ0n) is 15.7. The largest absolute Gasteiger partial charge is 0.463 e. The van der Waals surface area contributed by atoms with Gasteiger partial charge in [0, 0.05) is 4.88 Å². The van der Waals surface area contributed by atoms with Gasteiger partial charge in [-0.25, -0.2) is 14.2 Å². The number of carbonyl (C=O) groups is 1. The predicted octanol–water partition coefficient (Wildman–Crippen LogP) is 3.00. The molecule has 4 rings (SSSR count). The minimum Gasteiger partial charge on any atom is -0.463 e. The molecule has 0 saturated heterocycles. The summed E-state index contributed by atoms with van der Waals surface area (Å²) in [6.45, 7) is 3.72. The van der Waals surface area contributed by atoms with Crippen molar-refractivity contribution in [1.82, 2.24) is 4.57 Å². The fourth-order valence-corrected chi connectivity index (χ4v) is 5.13. The minimum absolute atomic E-state index is 0.233. The molecule has 2 aromatic heterocycles. The standard InChI is InChI=1S/C21H17FN2O3S2/c1-3-27-20(26)17-12(2)23-21-24(18(17)15-8-5-9-28-15)19(25)16(29-21)11-13-6-4-7-14(22)10-13/h4-11,18H,3H2,1-2H3. The highest BCUT2D eigenvalue weighted by Crippen LogP contribution is 2.33. The van der Waals surface area contributed by atoms with Crippen molar-refractivity contribution in [3.8, 4) is 0 Å². The highest BCUT2D eigenvalue weighted by molar-refractivity contribution is 7.10. The first-order valence-electron chi connectivity index (χ1n) is 8.98. The van der Waals surface area contributed by atoms with E-state index in [4.69, 9.17) is 4.74 Å². The van der Waals surface area contributed by atoms with Gasteiger partial charge in [-0.05, 0) is 49.1 Å². The number of benzene rings is 1. The molecule has 5 nitrogen and oxygen atoms in total. The van der Waals surface area contributed by atoms with E-state index >= 15 is 0 Å². The number of hydrogen-bond acceptors (Lipinski definition) is 6. The molecule has 0 N–H and O–H groups in total. The SMILES string of the molecule is CCOC(=O)C1=C(C)N=c2sc(=Cc3cccc(F)c3)c(=O)n2C1c1cccs1. The molecule has 1 aliphatic rings. The zero-order chi connectivity index (χ0) is 20.5. The molecule has 1 aliphatic heterocycles. The number of nitrogens with zero attached hydrogens (tertiary/aromatic N) is 2. The Hall–Kier alpha value is -2.84. The fraction of sp³-hybridized carbons (Fsp3) is 0.190. The Morgan fingerprint density at radius 1 is 1.34 bits per heavy atom. The summed E-state index contributed by atoms with van der Waals surface area (Å²) in [5, 5.41) is 1.90. The number of ether oxygens (including phenoxy) is 1. The van der Waals surface area contributed by atoms with Crippen LogP contribution in [-0.4, -0.2) is 17.1 Å². The summed E-state index contributed by atoms with van der Waals surface area (Å²) in [6, 6.07) is 9.20. The van der Waals surface area contributed by atoms with Gasteiger partial charge in [-0.2, -0.15) is 0 Å². The lowest BCUT2D eigenvalue weighted by molar-refractivity contribution is -0.139. The maximum absolute atomic E-state index is 13.5. The van der Waals surface area contributed by atoms with E-state index in [0.717, 1.165) is 4.88 Å². The molecule has 0 bridgehead atoms. The van der Waals surface area contributed by atoms with Crippen LogP contribution >= 0.6 is 22.7 Å². The summed E-state index contributed by atoms with van der Waals surface area (Å²) in [5.74, 6) is -0.852. The van der Waals surface area contributed by atoms with Gasteiger partial charge < -0.3 is 4.74 Å². The quantitative estimate of drug-likeness (QED) is 0.601. The molecule has 0 spiro atoms. The fourth-order valence-electron chi connectivity index (χ4n) is 3.26. The van der Waals surface area contributed by atoms with Gasteiger partial charge in [0.05, 0.1) is 22.4 Å². The molecule has 3 heterocycles. The van der Waals surface area contributed by atoms with E-state index < -0.39 is 12.0 Å². The molecule has 1 unspecified atom stereocenters. The van der Waals surface area contributed by atoms with Crippen LogP contribution < -0.4 is 14.9 Å². The van der Waals surface area contributed by atoms with Gasteiger partial charge in [0.15, 0.2) is 4.80 Å². The van der Waals surface area contributed by atoms with Crippen LogP contribution in [0.2, 0.25) is 0 Å². The molecule has 0 amide bonds. The molecule has 1 atom stereocenters. The van der Waals surface area contributed by atoms with Crippen LogP contribution in [0.4, 0.5) is 4.39 Å². The zero-order valence-corrected chi connectivity index (χ0v) is 17.3. The van der Waals surface area contributed by atoms with Crippen LogP contribution in [0.1, 0.15) is 30.3 Å². The number of halogens is 1. The van der Waals surface area contributed by atoms with E-state index in [1.807, 2.05) is 17.5 Å². The third kappa shape index (κ3) is 3.61. The number of esters is 1. The highest BCUT2D eigenvalue weighted by atomic mass is 32.1. The normalized spacial score (nSPS) is 16.5. The second kappa shape index (κ2) is 7.88. The number of carbonyl (C=O) groups excluding carboxylic acids is 1. The Kier molecular flexibility index (Phi) is 5.29. The third-order valence-electron chi connectivity index (χ3n) is 4.48. The Balaban J connectivity index is 1.94. The summed E-state index contributed by atoms with van der Waals surface area (Å²) in [7, 11) is 0. The van der Waals surface area contributed by atoms with Gasteiger partial charge >= 0.3 is 5.97 Å². The Morgan fingerprint density at radius 2 is 2.17 bits per heavy atom. The van der Waals surface area contributed by atoms with Gasteiger partial charge in [-0.15, -0.1) is 11.3 Å². The lowest BCUT2D eigenvalue weighted by Gasteiger charge is -2.23. The molecule has 148 valence electrons. The highest BCUT2D eigenvalue weighted by Gasteiger charge is 2.33. The summed E-state index contributed by atoms with van der Waals surface area (Å²) in [4.78, 5) is 31.8. The molecule has 8 heteroatoms. The molecule has 0 saturated carbocycles. The lowest BCUT2D eigenvalue weighted by atomic mass is 10.0. The topological polar surface area (TPSA) is 60.7 Å². The van der Waals surface area contributed by atoms with E-state index in [0.29, 0.717) is 26.2 Å². The second-order valence-electron chi connectivity index (χ2n) is 6.37. The number of allylic oxidation sites excluding steroid dienone is 1. The Morgan fingerprint density at radius 3 is 2.86 bits per heavy atom. The van der Waals surface area contributed by atoms with Crippen molar-refractivity contribution in [1.29, 1.82) is 0 Å². The van der Waals surface area contributed by atoms with Gasteiger partial charge in [0.2, 0.25) is 0 Å². The van der Waals surface area contributed by atoms with E-state index in [1.54, 1.807) is 32.1 Å². The number of thiazole rings is 1.